The van der Waals surface area contributed by atoms with E-state index in [1.165, 1.54) is 48.7 Å². The molecule has 2 aromatic rings. The topological polar surface area (TPSA) is 12.9 Å². The zero-order valence-electron chi connectivity index (χ0n) is 10.4. The molecule has 0 aliphatic heterocycles. The SMILES string of the molecule is CCCC1CCCc2cc3ccccc3nc21. The fraction of sp³-hybridized carbons (Fsp3) is 0.438. The van der Waals surface area contributed by atoms with Crippen molar-refractivity contribution < 1.29 is 0 Å². The zero-order valence-corrected chi connectivity index (χ0v) is 10.4. The van der Waals surface area contributed by atoms with E-state index in [1.54, 1.807) is 0 Å². The van der Waals surface area contributed by atoms with Gasteiger partial charge < -0.3 is 0 Å². The van der Waals surface area contributed by atoms with E-state index in [2.05, 4.69) is 37.3 Å². The van der Waals surface area contributed by atoms with Crippen molar-refractivity contribution in [2.75, 3.05) is 0 Å². The summed E-state index contributed by atoms with van der Waals surface area (Å²) in [5, 5.41) is 1.29. The highest BCUT2D eigenvalue weighted by atomic mass is 14.7. The lowest BCUT2D eigenvalue weighted by atomic mass is 9.83. The van der Waals surface area contributed by atoms with Gasteiger partial charge in [-0.25, -0.2) is 0 Å². The standard InChI is InChI=1S/C16H19N/c1-2-6-12-8-5-9-14-11-13-7-3-4-10-15(13)17-16(12)14/h3-4,7,10-12H,2,5-6,8-9H2,1H3. The smallest absolute Gasteiger partial charge is 0.0705 e. The summed E-state index contributed by atoms with van der Waals surface area (Å²) in [6, 6.07) is 10.8. The highest BCUT2D eigenvalue weighted by Crippen LogP contribution is 2.34. The van der Waals surface area contributed by atoms with E-state index in [1.807, 2.05) is 0 Å². The number of fused-ring (bicyclic) bond motifs is 2. The average molecular weight is 225 g/mol. The van der Waals surface area contributed by atoms with Gasteiger partial charge in [0.25, 0.3) is 0 Å². The maximum Gasteiger partial charge on any atom is 0.0705 e. The monoisotopic (exact) mass is 225 g/mol. The Labute approximate surface area is 103 Å². The van der Waals surface area contributed by atoms with Crippen molar-refractivity contribution >= 4 is 10.9 Å². The molecule has 0 amide bonds. The Morgan fingerprint density at radius 2 is 2.18 bits per heavy atom. The van der Waals surface area contributed by atoms with Crippen molar-refractivity contribution in [2.45, 2.75) is 44.9 Å². The Bertz CT molecular complexity index is 530. The Balaban J connectivity index is 2.12. The molecule has 0 saturated heterocycles. The second kappa shape index (κ2) is 4.48. The molecule has 1 heterocycles. The highest BCUT2D eigenvalue weighted by molar-refractivity contribution is 5.79. The third-order valence-electron chi connectivity index (χ3n) is 3.86. The molecule has 1 heteroatoms. The first-order valence-electron chi connectivity index (χ1n) is 6.77. The molecular formula is C16H19N. The van der Waals surface area contributed by atoms with Gasteiger partial charge >= 0.3 is 0 Å². The third kappa shape index (κ3) is 1.95. The lowest BCUT2D eigenvalue weighted by molar-refractivity contribution is 0.503. The summed E-state index contributed by atoms with van der Waals surface area (Å²) in [7, 11) is 0. The van der Waals surface area contributed by atoms with Gasteiger partial charge in [0, 0.05) is 17.0 Å². The van der Waals surface area contributed by atoms with Crippen LogP contribution >= 0.6 is 0 Å². The Morgan fingerprint density at radius 1 is 1.29 bits per heavy atom. The lowest BCUT2D eigenvalue weighted by Crippen LogP contribution is -2.12. The Kier molecular flexibility index (Phi) is 2.84. The summed E-state index contributed by atoms with van der Waals surface area (Å²) in [6.07, 6.45) is 6.42. The molecule has 0 spiro atoms. The molecular weight excluding hydrogens is 206 g/mol. The fourth-order valence-electron chi connectivity index (χ4n) is 3.03. The minimum Gasteiger partial charge on any atom is -0.252 e. The average Bonchev–Trinajstić information content (AvgIpc) is 2.37. The number of hydrogen-bond donors (Lipinski definition) is 0. The second-order valence-corrected chi connectivity index (χ2v) is 5.10. The molecule has 1 aromatic carbocycles. The molecule has 1 atom stereocenters. The number of aryl methyl sites for hydroxylation is 1. The van der Waals surface area contributed by atoms with Crippen LogP contribution in [0, 0.1) is 0 Å². The fourth-order valence-corrected chi connectivity index (χ4v) is 3.03. The molecule has 1 aliphatic carbocycles. The summed E-state index contributed by atoms with van der Waals surface area (Å²) < 4.78 is 0. The number of nitrogens with zero attached hydrogens (tertiary/aromatic N) is 1. The van der Waals surface area contributed by atoms with Crippen LogP contribution in [0.15, 0.2) is 30.3 Å². The van der Waals surface area contributed by atoms with Crippen LogP contribution in [0.3, 0.4) is 0 Å². The predicted molar refractivity (Wildman–Crippen MR) is 72.3 cm³/mol. The molecule has 0 bridgehead atoms. The predicted octanol–water partition coefficient (Wildman–Crippen LogP) is 4.45. The quantitative estimate of drug-likeness (QED) is 0.735. The maximum atomic E-state index is 4.92. The number of para-hydroxylation sites is 1. The Morgan fingerprint density at radius 3 is 3.06 bits per heavy atom. The highest BCUT2D eigenvalue weighted by Gasteiger charge is 2.21. The van der Waals surface area contributed by atoms with Crippen LogP contribution in [0.25, 0.3) is 10.9 Å². The number of hydrogen-bond acceptors (Lipinski definition) is 1. The number of pyridine rings is 1. The largest absolute Gasteiger partial charge is 0.252 e. The summed E-state index contributed by atoms with van der Waals surface area (Å²) >= 11 is 0. The van der Waals surface area contributed by atoms with Crippen LogP contribution in [0.4, 0.5) is 0 Å². The van der Waals surface area contributed by atoms with E-state index in [0.29, 0.717) is 5.92 Å². The third-order valence-corrected chi connectivity index (χ3v) is 3.86. The first-order valence-corrected chi connectivity index (χ1v) is 6.77. The van der Waals surface area contributed by atoms with E-state index in [9.17, 15) is 0 Å². The molecule has 1 aliphatic rings. The van der Waals surface area contributed by atoms with Gasteiger partial charge in [-0.1, -0.05) is 31.5 Å². The van der Waals surface area contributed by atoms with Crippen molar-refractivity contribution in [3.8, 4) is 0 Å². The first kappa shape index (κ1) is 10.8. The minimum atomic E-state index is 0.702. The van der Waals surface area contributed by atoms with E-state index < -0.39 is 0 Å². The second-order valence-electron chi connectivity index (χ2n) is 5.10. The normalized spacial score (nSPS) is 19.2. The summed E-state index contributed by atoms with van der Waals surface area (Å²) in [5.41, 5.74) is 4.04. The molecule has 1 aromatic heterocycles. The molecule has 1 unspecified atom stereocenters. The molecule has 0 saturated carbocycles. The molecule has 0 radical (unpaired) electrons. The van der Waals surface area contributed by atoms with Gasteiger partial charge in [-0.05, 0) is 43.4 Å². The summed E-state index contributed by atoms with van der Waals surface area (Å²) in [4.78, 5) is 4.92. The van der Waals surface area contributed by atoms with Crippen molar-refractivity contribution in [3.63, 3.8) is 0 Å². The number of aromatic nitrogens is 1. The zero-order chi connectivity index (χ0) is 11.7. The molecule has 0 fully saturated rings. The van der Waals surface area contributed by atoms with Crippen LogP contribution in [0.5, 0.6) is 0 Å². The van der Waals surface area contributed by atoms with Crippen LogP contribution in [-0.2, 0) is 6.42 Å². The molecule has 17 heavy (non-hydrogen) atoms. The molecule has 0 N–H and O–H groups in total. The van der Waals surface area contributed by atoms with Gasteiger partial charge in [0.2, 0.25) is 0 Å². The van der Waals surface area contributed by atoms with Crippen LogP contribution in [0.1, 0.15) is 49.8 Å². The summed E-state index contributed by atoms with van der Waals surface area (Å²) in [6.45, 7) is 2.27. The van der Waals surface area contributed by atoms with E-state index >= 15 is 0 Å². The molecule has 3 rings (SSSR count). The van der Waals surface area contributed by atoms with Crippen LogP contribution in [-0.4, -0.2) is 4.98 Å². The maximum absolute atomic E-state index is 4.92. The van der Waals surface area contributed by atoms with Crippen molar-refractivity contribution in [1.82, 2.24) is 4.98 Å². The first-order chi connectivity index (χ1) is 8.38. The minimum absolute atomic E-state index is 0.702. The summed E-state index contributed by atoms with van der Waals surface area (Å²) in [5.74, 6) is 0.702. The van der Waals surface area contributed by atoms with Gasteiger partial charge in [0.1, 0.15) is 0 Å². The van der Waals surface area contributed by atoms with Gasteiger partial charge in [-0.15, -0.1) is 0 Å². The van der Waals surface area contributed by atoms with E-state index in [4.69, 9.17) is 4.98 Å². The van der Waals surface area contributed by atoms with Crippen molar-refractivity contribution in [2.24, 2.45) is 0 Å². The molecule has 88 valence electrons. The van der Waals surface area contributed by atoms with Gasteiger partial charge in [0.15, 0.2) is 0 Å². The van der Waals surface area contributed by atoms with Gasteiger partial charge in [-0.3, -0.25) is 4.98 Å². The van der Waals surface area contributed by atoms with Gasteiger partial charge in [-0.2, -0.15) is 0 Å². The van der Waals surface area contributed by atoms with Crippen LogP contribution in [0.2, 0.25) is 0 Å². The Hall–Kier alpha value is -1.37. The van der Waals surface area contributed by atoms with E-state index in [-0.39, 0.29) is 0 Å². The number of rotatable bonds is 2. The van der Waals surface area contributed by atoms with E-state index in [0.717, 1.165) is 5.52 Å². The number of benzene rings is 1. The van der Waals surface area contributed by atoms with Crippen molar-refractivity contribution in [3.05, 3.63) is 41.6 Å². The molecule has 1 nitrogen and oxygen atoms in total. The van der Waals surface area contributed by atoms with Gasteiger partial charge in [0.05, 0.1) is 5.52 Å². The van der Waals surface area contributed by atoms with Crippen molar-refractivity contribution in [1.29, 1.82) is 0 Å². The lowest BCUT2D eigenvalue weighted by Gasteiger charge is -2.24. The van der Waals surface area contributed by atoms with Crippen LogP contribution < -0.4 is 0 Å².